The smallest absolute Gasteiger partial charge is 0.378 e. The lowest BCUT2D eigenvalue weighted by atomic mass is 9.83. The zero-order valence-electron chi connectivity index (χ0n) is 23.5. The molecule has 1 aliphatic heterocycles. The van der Waals surface area contributed by atoms with E-state index < -0.39 is 41.5 Å². The summed E-state index contributed by atoms with van der Waals surface area (Å²) in [5, 5.41) is 0. The first kappa shape index (κ1) is 32.3. The molecule has 41 heavy (non-hydrogen) atoms. The Morgan fingerprint density at radius 3 is 1.85 bits per heavy atom. The molecule has 2 atom stereocenters. The molecule has 1 aromatic rings. The summed E-state index contributed by atoms with van der Waals surface area (Å²) in [6, 6.07) is 1.35. The van der Waals surface area contributed by atoms with Crippen molar-refractivity contribution in [3.05, 3.63) is 47.0 Å². The molecule has 232 valence electrons. The van der Waals surface area contributed by atoms with Crippen molar-refractivity contribution in [3.63, 3.8) is 0 Å². The summed E-state index contributed by atoms with van der Waals surface area (Å²) >= 11 is 0. The van der Waals surface area contributed by atoms with Crippen molar-refractivity contribution in [3.8, 4) is 0 Å². The molecule has 3 fully saturated rings. The minimum absolute atomic E-state index is 0.0278. The third-order valence-electron chi connectivity index (χ3n) is 8.74. The van der Waals surface area contributed by atoms with Gasteiger partial charge in [-0.15, -0.1) is 0 Å². The molecular weight excluding hydrogens is 553 g/mol. The Bertz CT molecular complexity index is 965. The monoisotopic (exact) mass is 594 g/mol. The van der Waals surface area contributed by atoms with Crippen LogP contribution in [0.4, 0.5) is 30.7 Å². The van der Waals surface area contributed by atoms with E-state index in [1.54, 1.807) is 0 Å². The Kier molecular flexibility index (Phi) is 11.2. The van der Waals surface area contributed by atoms with Crippen LogP contribution >= 0.6 is 0 Å². The molecule has 0 amide bonds. The highest BCUT2D eigenvalue weighted by atomic mass is 19.4. The van der Waals surface area contributed by atoms with Crippen LogP contribution < -0.4 is 0 Å². The van der Waals surface area contributed by atoms with E-state index >= 15 is 0 Å². The lowest BCUT2D eigenvalue weighted by molar-refractivity contribution is -0.310. The van der Waals surface area contributed by atoms with Crippen molar-refractivity contribution in [2.75, 3.05) is 6.61 Å². The van der Waals surface area contributed by atoms with Gasteiger partial charge in [-0.1, -0.05) is 25.5 Å². The molecule has 0 spiro atoms. The van der Waals surface area contributed by atoms with E-state index in [1.165, 1.54) is 0 Å². The molecule has 4 rings (SSSR count). The lowest BCUT2D eigenvalue weighted by Crippen LogP contribution is -2.42. The Morgan fingerprint density at radius 2 is 1.37 bits per heavy atom. The molecule has 3 nitrogen and oxygen atoms in total. The van der Waals surface area contributed by atoms with Crippen molar-refractivity contribution in [2.24, 2.45) is 17.8 Å². The Balaban J connectivity index is 1.14. The molecule has 1 heterocycles. The van der Waals surface area contributed by atoms with Crippen molar-refractivity contribution >= 4 is 0 Å². The highest BCUT2D eigenvalue weighted by Crippen LogP contribution is 2.39. The maximum Gasteiger partial charge on any atom is 0.422 e. The molecular formula is C31H41F7O3. The van der Waals surface area contributed by atoms with E-state index in [9.17, 15) is 30.7 Å². The maximum absolute atomic E-state index is 14.8. The zero-order valence-corrected chi connectivity index (χ0v) is 23.5. The van der Waals surface area contributed by atoms with E-state index in [2.05, 4.69) is 19.1 Å². The van der Waals surface area contributed by atoms with Crippen LogP contribution in [0.2, 0.25) is 0 Å². The summed E-state index contributed by atoms with van der Waals surface area (Å²) in [4.78, 5) is 0. The fourth-order valence-electron chi connectivity index (χ4n) is 6.29. The molecule has 10 heteroatoms. The largest absolute Gasteiger partial charge is 0.422 e. The second kappa shape index (κ2) is 14.2. The first-order chi connectivity index (χ1) is 19.4. The summed E-state index contributed by atoms with van der Waals surface area (Å²) in [7, 11) is 0. The van der Waals surface area contributed by atoms with Crippen molar-refractivity contribution in [1.29, 1.82) is 0 Å². The molecule has 2 saturated carbocycles. The predicted molar refractivity (Wildman–Crippen MR) is 140 cm³/mol. The Hall–Kier alpha value is -1.65. The topological polar surface area (TPSA) is 27.7 Å². The summed E-state index contributed by atoms with van der Waals surface area (Å²) in [5.41, 5.74) is -1.86. The number of ether oxygens (including phenoxy) is 3. The third kappa shape index (κ3) is 9.17. The molecule has 0 N–H and O–H groups in total. The average molecular weight is 595 g/mol. The van der Waals surface area contributed by atoms with Crippen LogP contribution in [0.15, 0.2) is 24.3 Å². The van der Waals surface area contributed by atoms with Gasteiger partial charge in [-0.3, -0.25) is 0 Å². The van der Waals surface area contributed by atoms with Crippen LogP contribution in [0.25, 0.3) is 0 Å². The quantitative estimate of drug-likeness (QED) is 0.200. The van der Waals surface area contributed by atoms with E-state index in [-0.39, 0.29) is 31.0 Å². The van der Waals surface area contributed by atoms with Crippen LogP contribution in [-0.2, 0) is 27.0 Å². The van der Waals surface area contributed by atoms with Gasteiger partial charge in [0.25, 0.3) is 0 Å². The standard InChI is InChI=1S/C31H41F7O3/c1-2-3-24-15-10-23(19-40-24)31(37,38)41-26-13-8-21(9-14-26)5-4-20-6-11-25(12-7-20)39-18-22-16-27(32)29(28(33)17-22)30(34,35)36/h4-5,16-17,20-21,23-26H,2-3,6-15,18-19H2,1H3/b5-4+. The molecule has 2 unspecified atom stereocenters. The number of halogens is 7. The first-order valence-electron chi connectivity index (χ1n) is 15.0. The van der Waals surface area contributed by atoms with Crippen LogP contribution in [-0.4, -0.2) is 31.0 Å². The van der Waals surface area contributed by atoms with Gasteiger partial charge < -0.3 is 14.2 Å². The molecule has 2 aliphatic carbocycles. The average Bonchev–Trinajstić information content (AvgIpc) is 2.91. The summed E-state index contributed by atoms with van der Waals surface area (Å²) in [6.07, 6.45) is 4.62. The van der Waals surface area contributed by atoms with Gasteiger partial charge in [-0.2, -0.15) is 22.0 Å². The number of rotatable bonds is 10. The van der Waals surface area contributed by atoms with Gasteiger partial charge in [-0.05, 0) is 100 Å². The van der Waals surface area contributed by atoms with Crippen molar-refractivity contribution < 1.29 is 44.9 Å². The van der Waals surface area contributed by atoms with Gasteiger partial charge in [0.2, 0.25) is 0 Å². The van der Waals surface area contributed by atoms with Crippen LogP contribution in [0.1, 0.15) is 95.1 Å². The van der Waals surface area contributed by atoms with Crippen LogP contribution in [0.5, 0.6) is 0 Å². The van der Waals surface area contributed by atoms with Crippen LogP contribution in [0.3, 0.4) is 0 Å². The lowest BCUT2D eigenvalue weighted by Gasteiger charge is -2.36. The maximum atomic E-state index is 14.8. The summed E-state index contributed by atoms with van der Waals surface area (Å²) in [5.74, 6) is -3.48. The number of allylic oxidation sites excluding steroid dienone is 2. The minimum atomic E-state index is -5.09. The SMILES string of the molecule is CCCC1CCC(C(F)(F)OC2CCC(/C=C/C3CCC(OCc4cc(F)c(C(F)(F)F)c(F)c4)CC3)CC2)CO1. The third-order valence-corrected chi connectivity index (χ3v) is 8.74. The molecule has 0 aromatic heterocycles. The molecule has 0 bridgehead atoms. The molecule has 0 radical (unpaired) electrons. The number of hydrogen-bond acceptors (Lipinski definition) is 3. The number of benzene rings is 1. The van der Waals surface area contributed by atoms with Gasteiger partial charge in [0.1, 0.15) is 17.2 Å². The summed E-state index contributed by atoms with van der Waals surface area (Å²) < 4.78 is 112. The van der Waals surface area contributed by atoms with E-state index in [1.807, 2.05) is 0 Å². The Labute approximate surface area is 237 Å². The normalized spacial score (nSPS) is 30.1. The fraction of sp³-hybridized carbons (Fsp3) is 0.742. The summed E-state index contributed by atoms with van der Waals surface area (Å²) in [6.45, 7) is 1.96. The van der Waals surface area contributed by atoms with Gasteiger partial charge in [-0.25, -0.2) is 8.78 Å². The van der Waals surface area contributed by atoms with Gasteiger partial charge in [0, 0.05) is 0 Å². The second-order valence-electron chi connectivity index (χ2n) is 11.9. The Morgan fingerprint density at radius 1 is 0.805 bits per heavy atom. The second-order valence-corrected chi connectivity index (χ2v) is 11.9. The highest BCUT2D eigenvalue weighted by molar-refractivity contribution is 5.28. The number of alkyl halides is 5. The minimum Gasteiger partial charge on any atom is -0.378 e. The van der Waals surface area contributed by atoms with Gasteiger partial charge in [0.05, 0.1) is 37.4 Å². The van der Waals surface area contributed by atoms with Crippen molar-refractivity contribution in [2.45, 2.75) is 121 Å². The first-order valence-corrected chi connectivity index (χ1v) is 15.0. The van der Waals surface area contributed by atoms with Crippen molar-refractivity contribution in [1.82, 2.24) is 0 Å². The molecule has 1 aromatic carbocycles. The highest BCUT2D eigenvalue weighted by Gasteiger charge is 2.45. The van der Waals surface area contributed by atoms with E-state index in [4.69, 9.17) is 14.2 Å². The fourth-order valence-corrected chi connectivity index (χ4v) is 6.29. The zero-order chi connectivity index (χ0) is 29.6. The molecule has 3 aliphatic rings. The van der Waals surface area contributed by atoms with Gasteiger partial charge >= 0.3 is 12.3 Å². The van der Waals surface area contributed by atoms with Gasteiger partial charge in [0.15, 0.2) is 0 Å². The molecule has 1 saturated heterocycles. The van der Waals surface area contributed by atoms with E-state index in [0.717, 1.165) is 51.4 Å². The van der Waals surface area contributed by atoms with E-state index in [0.29, 0.717) is 49.7 Å². The predicted octanol–water partition coefficient (Wildman–Crippen LogP) is 9.38. The number of hydrogen-bond donors (Lipinski definition) is 0. The van der Waals surface area contributed by atoms with Crippen LogP contribution in [0, 0.1) is 29.4 Å².